The summed E-state index contributed by atoms with van der Waals surface area (Å²) < 4.78 is 0. The van der Waals surface area contributed by atoms with E-state index >= 15 is 0 Å². The highest BCUT2D eigenvalue weighted by Gasteiger charge is 2.09. The van der Waals surface area contributed by atoms with E-state index in [1.54, 1.807) is 11.3 Å². The Morgan fingerprint density at radius 1 is 0.548 bits per heavy atom. The van der Waals surface area contributed by atoms with Crippen molar-refractivity contribution >= 4 is 34.0 Å². The number of anilines is 2. The van der Waals surface area contributed by atoms with Crippen LogP contribution in [0.1, 0.15) is 117 Å². The first-order chi connectivity index (χ1) is 15.3. The molecule has 2 aromatic rings. The zero-order valence-electron chi connectivity index (χ0n) is 20.2. The summed E-state index contributed by atoms with van der Waals surface area (Å²) in [6.07, 6.45) is 21.5. The minimum atomic E-state index is 0.924. The van der Waals surface area contributed by atoms with Crippen molar-refractivity contribution < 1.29 is 0 Å². The fourth-order valence-corrected chi connectivity index (χ4v) is 4.65. The van der Waals surface area contributed by atoms with E-state index < -0.39 is 0 Å². The lowest BCUT2D eigenvalue weighted by Gasteiger charge is -2.12. The van der Waals surface area contributed by atoms with Crippen molar-refractivity contribution in [1.29, 1.82) is 0 Å². The molecule has 2 heterocycles. The van der Waals surface area contributed by atoms with Crippen LogP contribution in [-0.4, -0.2) is 23.1 Å². The Morgan fingerprint density at radius 2 is 0.903 bits per heavy atom. The minimum Gasteiger partial charge on any atom is -0.367 e. The largest absolute Gasteiger partial charge is 0.367 e. The topological polar surface area (TPSA) is 49.8 Å². The average molecular weight is 447 g/mol. The van der Waals surface area contributed by atoms with E-state index in [0.717, 1.165) is 35.8 Å². The lowest BCUT2D eigenvalue weighted by molar-refractivity contribution is 0.580. The van der Waals surface area contributed by atoms with Crippen LogP contribution in [0.3, 0.4) is 0 Å². The zero-order valence-corrected chi connectivity index (χ0v) is 21.0. The molecule has 2 rings (SSSR count). The van der Waals surface area contributed by atoms with Crippen LogP contribution < -0.4 is 10.6 Å². The second kappa shape index (κ2) is 17.2. The summed E-state index contributed by atoms with van der Waals surface area (Å²) in [4.78, 5) is 9.67. The first-order valence-corrected chi connectivity index (χ1v) is 14.0. The van der Waals surface area contributed by atoms with Crippen LogP contribution in [0, 0.1) is 0 Å². The molecule has 0 saturated heterocycles. The first-order valence-electron chi connectivity index (χ1n) is 13.1. The lowest BCUT2D eigenvalue weighted by Crippen LogP contribution is -2.11. The van der Waals surface area contributed by atoms with E-state index in [1.807, 2.05) is 0 Å². The van der Waals surface area contributed by atoms with Crippen LogP contribution in [-0.2, 0) is 0 Å². The summed E-state index contributed by atoms with van der Waals surface area (Å²) in [7, 11) is 0. The number of nitrogens with zero attached hydrogens (tertiary/aromatic N) is 2. The summed E-state index contributed by atoms with van der Waals surface area (Å²) >= 11 is 1.68. The Hall–Kier alpha value is -1.36. The van der Waals surface area contributed by atoms with Crippen molar-refractivity contribution in [2.45, 2.75) is 117 Å². The van der Waals surface area contributed by atoms with Crippen molar-refractivity contribution in [3.05, 3.63) is 10.8 Å². The number of unbranched alkanes of at least 4 members (excludes halogenated alkanes) is 14. The van der Waals surface area contributed by atoms with Crippen molar-refractivity contribution in [3.63, 3.8) is 0 Å². The van der Waals surface area contributed by atoms with Crippen molar-refractivity contribution in [3.8, 4) is 0 Å². The van der Waals surface area contributed by atoms with Crippen LogP contribution >= 0.6 is 11.3 Å². The molecule has 0 aliphatic carbocycles. The summed E-state index contributed by atoms with van der Waals surface area (Å²) in [5, 5.41) is 11.3. The van der Waals surface area contributed by atoms with E-state index in [9.17, 15) is 0 Å². The maximum Gasteiger partial charge on any atom is 0.169 e. The average Bonchev–Trinajstić information content (AvgIpc) is 3.24. The van der Waals surface area contributed by atoms with E-state index in [1.165, 1.54) is 103 Å². The fraction of sp³-hybridized carbons (Fsp3) is 0.769. The number of rotatable bonds is 20. The van der Waals surface area contributed by atoms with Gasteiger partial charge in [0.25, 0.3) is 0 Å². The van der Waals surface area contributed by atoms with Crippen molar-refractivity contribution in [2.24, 2.45) is 0 Å². The first kappa shape index (κ1) is 25.9. The summed E-state index contributed by atoms with van der Waals surface area (Å²) in [6, 6.07) is 0. The number of fused-ring (bicyclic) bond motifs is 1. The Morgan fingerprint density at radius 3 is 1.29 bits per heavy atom. The number of thiophene rings is 1. The number of hydrogen-bond acceptors (Lipinski definition) is 5. The molecule has 0 bridgehead atoms. The standard InChI is InChI=1S/C26H46N4S/c1-3-5-7-9-11-13-15-17-19-27-25-26(30-24-22-31-21-23(24)29-25)28-20-18-16-14-12-10-8-6-4-2/h21-22H,3-20H2,1-2H3,(H,27,29)(H,28,30). The van der Waals surface area contributed by atoms with E-state index in [4.69, 9.17) is 9.97 Å². The Balaban J connectivity index is 1.67. The quantitative estimate of drug-likeness (QED) is 0.199. The molecule has 2 N–H and O–H groups in total. The van der Waals surface area contributed by atoms with Crippen molar-refractivity contribution in [1.82, 2.24) is 9.97 Å². The zero-order chi connectivity index (χ0) is 22.0. The highest BCUT2D eigenvalue weighted by Crippen LogP contribution is 2.24. The molecule has 0 unspecified atom stereocenters. The predicted molar refractivity (Wildman–Crippen MR) is 140 cm³/mol. The maximum absolute atomic E-state index is 4.83. The molecule has 31 heavy (non-hydrogen) atoms. The van der Waals surface area contributed by atoms with Gasteiger partial charge in [-0.2, -0.15) is 0 Å². The second-order valence-electron chi connectivity index (χ2n) is 8.87. The molecular weight excluding hydrogens is 400 g/mol. The normalized spacial score (nSPS) is 11.3. The van der Waals surface area contributed by atoms with E-state index in [0.29, 0.717) is 0 Å². The highest BCUT2D eigenvalue weighted by atomic mass is 32.1. The molecular formula is C26H46N4S. The Kier molecular flexibility index (Phi) is 14.4. The van der Waals surface area contributed by atoms with Gasteiger partial charge in [-0.05, 0) is 12.8 Å². The lowest BCUT2D eigenvalue weighted by atomic mass is 10.1. The summed E-state index contributed by atoms with van der Waals surface area (Å²) in [5.41, 5.74) is 2.00. The van der Waals surface area contributed by atoms with Crippen molar-refractivity contribution in [2.75, 3.05) is 23.7 Å². The van der Waals surface area contributed by atoms with Gasteiger partial charge < -0.3 is 10.6 Å². The molecule has 0 aliphatic heterocycles. The van der Waals surface area contributed by atoms with Gasteiger partial charge in [0.05, 0.1) is 0 Å². The molecule has 0 aliphatic rings. The molecule has 0 spiro atoms. The summed E-state index contributed by atoms with van der Waals surface area (Å²) in [5.74, 6) is 1.85. The number of hydrogen-bond donors (Lipinski definition) is 2. The highest BCUT2D eigenvalue weighted by molar-refractivity contribution is 7.09. The minimum absolute atomic E-state index is 0.924. The SMILES string of the molecule is CCCCCCCCCCNc1nc2cscc2nc1NCCCCCCCCCC. The molecule has 2 aromatic heterocycles. The predicted octanol–water partition coefficient (Wildman–Crippen LogP) is 8.80. The molecule has 0 radical (unpaired) electrons. The molecule has 176 valence electrons. The molecule has 0 saturated carbocycles. The van der Waals surface area contributed by atoms with Gasteiger partial charge in [-0.15, -0.1) is 11.3 Å². The van der Waals surface area contributed by atoms with Gasteiger partial charge in [0, 0.05) is 23.8 Å². The van der Waals surface area contributed by atoms with Crippen LogP contribution in [0.2, 0.25) is 0 Å². The van der Waals surface area contributed by atoms with E-state index in [-0.39, 0.29) is 0 Å². The van der Waals surface area contributed by atoms with Gasteiger partial charge in [-0.1, -0.05) is 104 Å². The van der Waals surface area contributed by atoms with Crippen LogP contribution in [0.15, 0.2) is 10.8 Å². The molecule has 0 aromatic carbocycles. The monoisotopic (exact) mass is 446 g/mol. The van der Waals surface area contributed by atoms with Crippen LogP contribution in [0.25, 0.3) is 11.0 Å². The third kappa shape index (κ3) is 11.2. The molecule has 0 fully saturated rings. The second-order valence-corrected chi connectivity index (χ2v) is 9.61. The number of nitrogens with one attached hydrogen (secondary N) is 2. The maximum atomic E-state index is 4.83. The van der Waals surface area contributed by atoms with Crippen LogP contribution in [0.4, 0.5) is 11.6 Å². The third-order valence-electron chi connectivity index (χ3n) is 5.96. The third-order valence-corrected chi connectivity index (χ3v) is 6.67. The Bertz CT molecular complexity index is 629. The van der Waals surface area contributed by atoms with E-state index in [2.05, 4.69) is 35.2 Å². The fourth-order valence-electron chi connectivity index (χ4n) is 3.98. The van der Waals surface area contributed by atoms with Gasteiger partial charge in [0.2, 0.25) is 0 Å². The number of aromatic nitrogens is 2. The molecule has 4 nitrogen and oxygen atoms in total. The Labute approximate surface area is 195 Å². The van der Waals surface area contributed by atoms with Gasteiger partial charge in [0.15, 0.2) is 11.6 Å². The van der Waals surface area contributed by atoms with Gasteiger partial charge in [-0.3, -0.25) is 0 Å². The van der Waals surface area contributed by atoms with Gasteiger partial charge in [-0.25, -0.2) is 9.97 Å². The molecule has 0 amide bonds. The smallest absolute Gasteiger partial charge is 0.169 e. The van der Waals surface area contributed by atoms with Gasteiger partial charge >= 0.3 is 0 Å². The summed E-state index contributed by atoms with van der Waals surface area (Å²) in [6.45, 7) is 6.51. The van der Waals surface area contributed by atoms with Gasteiger partial charge in [0.1, 0.15) is 11.0 Å². The van der Waals surface area contributed by atoms with Crippen LogP contribution in [0.5, 0.6) is 0 Å². The molecule has 5 heteroatoms. The molecule has 0 atom stereocenters.